The standard InChI is InChI=1S/C9H15NO/c11-9-5-7-3-1-2-4-8(7)6-10-9/h7-8H,1-6H2,(H,10,11)/t7-,8+/m0/s1. The molecule has 2 nitrogen and oxygen atoms in total. The Balaban J connectivity index is 1.98. The lowest BCUT2D eigenvalue weighted by Gasteiger charge is -2.35. The number of carbonyl (C=O) groups excluding carboxylic acids is 1. The van der Waals surface area contributed by atoms with Crippen LogP contribution in [0.25, 0.3) is 0 Å². The number of rotatable bonds is 0. The molecule has 0 aromatic carbocycles. The van der Waals surface area contributed by atoms with Gasteiger partial charge in [0.05, 0.1) is 0 Å². The van der Waals surface area contributed by atoms with Crippen LogP contribution in [0.1, 0.15) is 32.1 Å². The SMILES string of the molecule is O=C1C[C@@H]2CCCC[C@@H]2CN1. The van der Waals surface area contributed by atoms with Crippen LogP contribution in [0.3, 0.4) is 0 Å². The second-order valence-corrected chi connectivity index (χ2v) is 3.81. The summed E-state index contributed by atoms with van der Waals surface area (Å²) in [5, 5.41) is 2.94. The van der Waals surface area contributed by atoms with Crippen LogP contribution in [0.5, 0.6) is 0 Å². The van der Waals surface area contributed by atoms with Gasteiger partial charge in [0.15, 0.2) is 0 Å². The number of amides is 1. The van der Waals surface area contributed by atoms with Crippen molar-refractivity contribution in [2.75, 3.05) is 6.54 Å². The van der Waals surface area contributed by atoms with Gasteiger partial charge in [-0.1, -0.05) is 12.8 Å². The van der Waals surface area contributed by atoms with E-state index in [1.807, 2.05) is 0 Å². The lowest BCUT2D eigenvalue weighted by atomic mass is 9.75. The van der Waals surface area contributed by atoms with Gasteiger partial charge in [-0.3, -0.25) is 4.79 Å². The first-order chi connectivity index (χ1) is 5.36. The number of nitrogens with one attached hydrogen (secondary N) is 1. The number of piperidine rings is 1. The van der Waals surface area contributed by atoms with Crippen molar-refractivity contribution in [3.63, 3.8) is 0 Å². The minimum atomic E-state index is 0.271. The van der Waals surface area contributed by atoms with Crippen LogP contribution in [0, 0.1) is 11.8 Å². The van der Waals surface area contributed by atoms with Crippen LogP contribution >= 0.6 is 0 Å². The highest BCUT2D eigenvalue weighted by Gasteiger charge is 2.30. The van der Waals surface area contributed by atoms with Crippen LogP contribution in [0.15, 0.2) is 0 Å². The Morgan fingerprint density at radius 1 is 1.18 bits per heavy atom. The summed E-state index contributed by atoms with van der Waals surface area (Å²) in [7, 11) is 0. The van der Waals surface area contributed by atoms with E-state index in [0.717, 1.165) is 24.8 Å². The molecule has 0 unspecified atom stereocenters. The number of carbonyl (C=O) groups is 1. The molecule has 2 aliphatic rings. The Labute approximate surface area is 67.4 Å². The Kier molecular flexibility index (Phi) is 1.84. The van der Waals surface area contributed by atoms with Gasteiger partial charge in [0, 0.05) is 13.0 Å². The fourth-order valence-electron chi connectivity index (χ4n) is 2.38. The first kappa shape index (κ1) is 7.14. The van der Waals surface area contributed by atoms with E-state index in [1.54, 1.807) is 0 Å². The van der Waals surface area contributed by atoms with E-state index in [4.69, 9.17) is 0 Å². The van der Waals surface area contributed by atoms with Crippen molar-refractivity contribution < 1.29 is 4.79 Å². The zero-order valence-corrected chi connectivity index (χ0v) is 6.81. The van der Waals surface area contributed by atoms with E-state index in [2.05, 4.69) is 5.32 Å². The lowest BCUT2D eigenvalue weighted by Crippen LogP contribution is -2.41. The molecule has 1 aliphatic carbocycles. The molecule has 1 saturated heterocycles. The minimum Gasteiger partial charge on any atom is -0.356 e. The summed E-state index contributed by atoms with van der Waals surface area (Å²) in [5.74, 6) is 1.80. The maximum Gasteiger partial charge on any atom is 0.220 e. The van der Waals surface area contributed by atoms with Gasteiger partial charge in [0.25, 0.3) is 0 Å². The van der Waals surface area contributed by atoms with Crippen molar-refractivity contribution in [3.8, 4) is 0 Å². The highest BCUT2D eigenvalue weighted by molar-refractivity contribution is 5.77. The van der Waals surface area contributed by atoms with Crippen LogP contribution < -0.4 is 5.32 Å². The number of fused-ring (bicyclic) bond motifs is 1. The maximum atomic E-state index is 11.0. The first-order valence-electron chi connectivity index (χ1n) is 4.63. The smallest absolute Gasteiger partial charge is 0.220 e. The summed E-state index contributed by atoms with van der Waals surface area (Å²) >= 11 is 0. The summed E-state index contributed by atoms with van der Waals surface area (Å²) in [6.07, 6.45) is 6.14. The molecule has 1 saturated carbocycles. The van der Waals surface area contributed by atoms with Crippen molar-refractivity contribution in [1.29, 1.82) is 0 Å². The third-order valence-electron chi connectivity index (χ3n) is 3.08. The molecule has 0 bridgehead atoms. The predicted molar refractivity (Wildman–Crippen MR) is 43.1 cm³/mol. The van der Waals surface area contributed by atoms with Crippen LogP contribution in [0.4, 0.5) is 0 Å². The summed E-state index contributed by atoms with van der Waals surface area (Å²) in [6.45, 7) is 0.948. The Morgan fingerprint density at radius 2 is 1.91 bits per heavy atom. The maximum absolute atomic E-state index is 11.0. The molecule has 2 rings (SSSR count). The van der Waals surface area contributed by atoms with Crippen molar-refractivity contribution in [2.45, 2.75) is 32.1 Å². The fourth-order valence-corrected chi connectivity index (χ4v) is 2.38. The van der Waals surface area contributed by atoms with E-state index in [0.29, 0.717) is 0 Å². The van der Waals surface area contributed by atoms with E-state index >= 15 is 0 Å². The van der Waals surface area contributed by atoms with E-state index in [1.165, 1.54) is 25.7 Å². The zero-order chi connectivity index (χ0) is 7.68. The van der Waals surface area contributed by atoms with Crippen LogP contribution in [-0.2, 0) is 4.79 Å². The number of hydrogen-bond donors (Lipinski definition) is 1. The fraction of sp³-hybridized carbons (Fsp3) is 0.889. The summed E-state index contributed by atoms with van der Waals surface area (Å²) in [4.78, 5) is 11.0. The highest BCUT2D eigenvalue weighted by Crippen LogP contribution is 2.33. The molecule has 1 N–H and O–H groups in total. The second kappa shape index (κ2) is 2.84. The lowest BCUT2D eigenvalue weighted by molar-refractivity contribution is -0.125. The normalized spacial score (nSPS) is 37.6. The molecule has 1 heterocycles. The molecule has 2 heteroatoms. The van der Waals surface area contributed by atoms with Gasteiger partial charge < -0.3 is 5.32 Å². The zero-order valence-electron chi connectivity index (χ0n) is 6.81. The summed E-state index contributed by atoms with van der Waals surface area (Å²) < 4.78 is 0. The molecule has 0 spiro atoms. The van der Waals surface area contributed by atoms with Gasteiger partial charge in [-0.25, -0.2) is 0 Å². The Bertz CT molecular complexity index is 167. The largest absolute Gasteiger partial charge is 0.356 e. The average Bonchev–Trinajstić information content (AvgIpc) is 2.04. The summed E-state index contributed by atoms with van der Waals surface area (Å²) in [6, 6.07) is 0. The molecular weight excluding hydrogens is 138 g/mol. The van der Waals surface area contributed by atoms with E-state index < -0.39 is 0 Å². The average molecular weight is 153 g/mol. The van der Waals surface area contributed by atoms with Gasteiger partial charge in [-0.05, 0) is 24.7 Å². The van der Waals surface area contributed by atoms with Crippen molar-refractivity contribution >= 4 is 5.91 Å². The van der Waals surface area contributed by atoms with Crippen molar-refractivity contribution in [3.05, 3.63) is 0 Å². The molecule has 62 valence electrons. The molecule has 0 aromatic rings. The van der Waals surface area contributed by atoms with Crippen LogP contribution in [0.2, 0.25) is 0 Å². The predicted octanol–water partition coefficient (Wildman–Crippen LogP) is 1.31. The number of hydrogen-bond acceptors (Lipinski definition) is 1. The molecular formula is C9H15NO. The highest BCUT2D eigenvalue weighted by atomic mass is 16.1. The Morgan fingerprint density at radius 3 is 2.73 bits per heavy atom. The van der Waals surface area contributed by atoms with E-state index in [9.17, 15) is 4.79 Å². The van der Waals surface area contributed by atoms with Crippen molar-refractivity contribution in [1.82, 2.24) is 5.32 Å². The molecule has 2 atom stereocenters. The molecule has 1 amide bonds. The van der Waals surface area contributed by atoms with Gasteiger partial charge in [0.2, 0.25) is 5.91 Å². The quantitative estimate of drug-likeness (QED) is 0.558. The van der Waals surface area contributed by atoms with Crippen LogP contribution in [-0.4, -0.2) is 12.5 Å². The third-order valence-corrected chi connectivity index (χ3v) is 3.08. The molecule has 0 radical (unpaired) electrons. The Hall–Kier alpha value is -0.530. The molecule has 1 aliphatic heterocycles. The first-order valence-corrected chi connectivity index (χ1v) is 4.63. The molecule has 0 aromatic heterocycles. The van der Waals surface area contributed by atoms with E-state index in [-0.39, 0.29) is 5.91 Å². The molecule has 11 heavy (non-hydrogen) atoms. The third kappa shape index (κ3) is 1.39. The second-order valence-electron chi connectivity index (χ2n) is 3.81. The van der Waals surface area contributed by atoms with Crippen molar-refractivity contribution in [2.24, 2.45) is 11.8 Å². The minimum absolute atomic E-state index is 0.271. The van der Waals surface area contributed by atoms with Gasteiger partial charge in [-0.2, -0.15) is 0 Å². The topological polar surface area (TPSA) is 29.1 Å². The monoisotopic (exact) mass is 153 g/mol. The van der Waals surface area contributed by atoms with Gasteiger partial charge in [0.1, 0.15) is 0 Å². The summed E-state index contributed by atoms with van der Waals surface area (Å²) in [5.41, 5.74) is 0. The molecule has 2 fully saturated rings. The van der Waals surface area contributed by atoms with Gasteiger partial charge in [-0.15, -0.1) is 0 Å². The van der Waals surface area contributed by atoms with Gasteiger partial charge >= 0.3 is 0 Å².